The second kappa shape index (κ2) is 8.36. The van der Waals surface area contributed by atoms with Crippen LogP contribution in [0.25, 0.3) is 0 Å². The molecule has 0 saturated carbocycles. The molecule has 0 fully saturated rings. The zero-order valence-electron chi connectivity index (χ0n) is 16.8. The number of pyridine rings is 1. The number of aromatic nitrogens is 1. The van der Waals surface area contributed by atoms with Gasteiger partial charge in [0.05, 0.1) is 18.5 Å². The Labute approximate surface area is 171 Å². The summed E-state index contributed by atoms with van der Waals surface area (Å²) < 4.78 is 34.6. The van der Waals surface area contributed by atoms with Crippen molar-refractivity contribution in [3.63, 3.8) is 0 Å². The number of hydrogen-bond donors (Lipinski definition) is 2. The van der Waals surface area contributed by atoms with Crippen molar-refractivity contribution in [2.75, 3.05) is 18.2 Å². The number of rotatable bonds is 5. The number of anilines is 3. The molecule has 6 nitrogen and oxygen atoms in total. The fourth-order valence-corrected chi connectivity index (χ4v) is 3.14. The maximum Gasteiger partial charge on any atom is 0.341 e. The number of ether oxygens (including phenoxy) is 1. The Morgan fingerprint density at radius 2 is 1.90 bits per heavy atom. The Morgan fingerprint density at radius 1 is 1.17 bits per heavy atom. The van der Waals surface area contributed by atoms with E-state index in [1.807, 2.05) is 0 Å². The van der Waals surface area contributed by atoms with Crippen molar-refractivity contribution in [1.29, 1.82) is 0 Å². The lowest BCUT2D eigenvalue weighted by molar-refractivity contribution is 0.0601. The van der Waals surface area contributed by atoms with Crippen molar-refractivity contribution in [2.24, 2.45) is 7.05 Å². The smallest absolute Gasteiger partial charge is 0.341 e. The van der Waals surface area contributed by atoms with Gasteiger partial charge in [0.2, 0.25) is 0 Å². The Hall–Kier alpha value is -3.68. The highest BCUT2D eigenvalue weighted by molar-refractivity contribution is 5.95. The number of carbonyl (C=O) groups excluding carboxylic acids is 1. The lowest BCUT2D eigenvalue weighted by Crippen LogP contribution is -2.26. The molecule has 8 heteroatoms. The summed E-state index contributed by atoms with van der Waals surface area (Å²) in [7, 11) is 2.63. The lowest BCUT2D eigenvalue weighted by atomic mass is 10.0. The maximum absolute atomic E-state index is 14.3. The summed E-state index contributed by atoms with van der Waals surface area (Å²) in [6.45, 7) is 1.74. The molecule has 1 heterocycles. The van der Waals surface area contributed by atoms with Gasteiger partial charge in [0.15, 0.2) is 0 Å². The van der Waals surface area contributed by atoms with Gasteiger partial charge in [-0.2, -0.15) is 0 Å². The third-order valence-electron chi connectivity index (χ3n) is 4.76. The predicted molar refractivity (Wildman–Crippen MR) is 111 cm³/mol. The first-order valence-corrected chi connectivity index (χ1v) is 9.10. The van der Waals surface area contributed by atoms with Gasteiger partial charge in [0.25, 0.3) is 5.56 Å². The number of hydrogen-bond acceptors (Lipinski definition) is 5. The van der Waals surface area contributed by atoms with Crippen molar-refractivity contribution < 1.29 is 18.3 Å². The van der Waals surface area contributed by atoms with Gasteiger partial charge < -0.3 is 15.8 Å². The van der Waals surface area contributed by atoms with Crippen LogP contribution in [0.5, 0.6) is 0 Å². The molecule has 0 atom stereocenters. The quantitative estimate of drug-likeness (QED) is 0.492. The normalized spacial score (nSPS) is 10.7. The molecule has 0 aliphatic heterocycles. The first kappa shape index (κ1) is 21.0. The van der Waals surface area contributed by atoms with E-state index in [9.17, 15) is 18.4 Å². The van der Waals surface area contributed by atoms with Crippen molar-refractivity contribution >= 4 is 23.2 Å². The van der Waals surface area contributed by atoms with Gasteiger partial charge in [-0.1, -0.05) is 18.2 Å². The number of nitrogens with two attached hydrogens (primary N) is 1. The highest BCUT2D eigenvalue weighted by Gasteiger charge is 2.21. The topological polar surface area (TPSA) is 86.3 Å². The van der Waals surface area contributed by atoms with Gasteiger partial charge in [0.1, 0.15) is 23.0 Å². The number of nitrogens with zero attached hydrogens (tertiary/aromatic N) is 1. The molecule has 0 spiro atoms. The summed E-state index contributed by atoms with van der Waals surface area (Å²) in [6.07, 6.45) is -0.0767. The van der Waals surface area contributed by atoms with Gasteiger partial charge in [-0.25, -0.2) is 13.6 Å². The van der Waals surface area contributed by atoms with E-state index >= 15 is 0 Å². The minimum Gasteiger partial charge on any atom is -0.465 e. The van der Waals surface area contributed by atoms with Gasteiger partial charge in [-0.15, -0.1) is 0 Å². The maximum atomic E-state index is 14.3. The van der Waals surface area contributed by atoms with E-state index in [4.69, 9.17) is 10.5 Å². The molecule has 1 aromatic heterocycles. The minimum absolute atomic E-state index is 0.0129. The largest absolute Gasteiger partial charge is 0.465 e. The summed E-state index contributed by atoms with van der Waals surface area (Å²) in [5, 5.41) is 2.80. The van der Waals surface area contributed by atoms with Crippen LogP contribution in [0.15, 0.2) is 47.3 Å². The number of nitrogen functional groups attached to an aromatic ring is 1. The summed E-state index contributed by atoms with van der Waals surface area (Å²) in [6, 6.07) is 10.4. The lowest BCUT2D eigenvalue weighted by Gasteiger charge is -2.17. The Kier molecular flexibility index (Phi) is 5.86. The molecule has 0 radical (unpaired) electrons. The minimum atomic E-state index is -0.727. The molecular formula is C22H21F2N3O3. The molecule has 0 bridgehead atoms. The first-order valence-electron chi connectivity index (χ1n) is 9.10. The molecular weight excluding hydrogens is 392 g/mol. The number of carbonyl (C=O) groups is 1. The monoisotopic (exact) mass is 413 g/mol. The van der Waals surface area contributed by atoms with E-state index in [0.717, 1.165) is 5.56 Å². The molecule has 0 aliphatic carbocycles. The molecule has 30 heavy (non-hydrogen) atoms. The van der Waals surface area contributed by atoms with Crippen LogP contribution in [0, 0.1) is 18.6 Å². The highest BCUT2D eigenvalue weighted by Crippen LogP contribution is 2.25. The van der Waals surface area contributed by atoms with E-state index in [1.165, 1.54) is 49.1 Å². The van der Waals surface area contributed by atoms with Crippen LogP contribution in [-0.4, -0.2) is 17.6 Å². The van der Waals surface area contributed by atoms with Crippen LogP contribution >= 0.6 is 0 Å². The second-order valence-corrected chi connectivity index (χ2v) is 6.89. The van der Waals surface area contributed by atoms with Crippen LogP contribution in [0.4, 0.5) is 26.0 Å². The van der Waals surface area contributed by atoms with Crippen LogP contribution in [0.1, 0.15) is 27.0 Å². The Morgan fingerprint density at radius 3 is 2.57 bits per heavy atom. The average molecular weight is 413 g/mol. The number of aryl methyl sites for hydroxylation is 1. The van der Waals surface area contributed by atoms with Gasteiger partial charge in [-0.05, 0) is 42.3 Å². The molecule has 0 amide bonds. The van der Waals surface area contributed by atoms with E-state index < -0.39 is 23.2 Å². The fraction of sp³-hybridized carbons (Fsp3) is 0.182. The van der Waals surface area contributed by atoms with Gasteiger partial charge >= 0.3 is 5.97 Å². The van der Waals surface area contributed by atoms with Crippen molar-refractivity contribution in [3.05, 3.63) is 86.7 Å². The molecule has 0 aliphatic rings. The zero-order chi connectivity index (χ0) is 22.0. The second-order valence-electron chi connectivity index (χ2n) is 6.89. The third kappa shape index (κ3) is 4.03. The van der Waals surface area contributed by atoms with E-state index in [2.05, 4.69) is 5.32 Å². The fourth-order valence-electron chi connectivity index (χ4n) is 3.14. The Balaban J connectivity index is 2.12. The number of methoxy groups -OCH3 is 1. The summed E-state index contributed by atoms with van der Waals surface area (Å²) in [5.74, 6) is -1.83. The van der Waals surface area contributed by atoms with E-state index in [1.54, 1.807) is 19.1 Å². The number of nitrogens with one attached hydrogen (secondary N) is 1. The highest BCUT2D eigenvalue weighted by atomic mass is 19.1. The standard InChI is InChI=1S/C22H21F2N3O3/c1-12-7-8-18(16(23)9-12)26-20-15(22(29)30-3)11-14(21(28)27(20)2)10-13-5-4-6-17(25)19(13)24/h4-9,11,26H,10,25H2,1-3H3. The molecule has 0 unspecified atom stereocenters. The summed E-state index contributed by atoms with van der Waals surface area (Å²) >= 11 is 0. The van der Waals surface area contributed by atoms with Crippen molar-refractivity contribution in [2.45, 2.75) is 13.3 Å². The number of benzene rings is 2. The zero-order valence-corrected chi connectivity index (χ0v) is 16.8. The first-order chi connectivity index (χ1) is 14.2. The van der Waals surface area contributed by atoms with Gasteiger partial charge in [-0.3, -0.25) is 9.36 Å². The van der Waals surface area contributed by atoms with Crippen LogP contribution in [0.2, 0.25) is 0 Å². The van der Waals surface area contributed by atoms with Crippen LogP contribution in [0.3, 0.4) is 0 Å². The molecule has 2 aromatic carbocycles. The molecule has 156 valence electrons. The molecule has 3 rings (SSSR count). The van der Waals surface area contributed by atoms with E-state index in [0.29, 0.717) is 0 Å². The third-order valence-corrected chi connectivity index (χ3v) is 4.76. The predicted octanol–water partition coefficient (Wildman–Crippen LogP) is 3.68. The SMILES string of the molecule is COC(=O)c1cc(Cc2cccc(N)c2F)c(=O)n(C)c1Nc1ccc(C)cc1F. The molecule has 3 N–H and O–H groups in total. The van der Waals surface area contributed by atoms with Crippen molar-refractivity contribution in [3.8, 4) is 0 Å². The Bertz CT molecular complexity index is 1190. The van der Waals surface area contributed by atoms with Gasteiger partial charge in [0, 0.05) is 19.0 Å². The van der Waals surface area contributed by atoms with Crippen LogP contribution < -0.4 is 16.6 Å². The average Bonchev–Trinajstić information content (AvgIpc) is 2.71. The summed E-state index contributed by atoms with van der Waals surface area (Å²) in [5.41, 5.74) is 6.30. The number of halogens is 2. The van der Waals surface area contributed by atoms with Crippen LogP contribution in [-0.2, 0) is 18.2 Å². The molecule has 0 saturated heterocycles. The molecule has 3 aromatic rings. The number of esters is 1. The van der Waals surface area contributed by atoms with Crippen molar-refractivity contribution in [1.82, 2.24) is 4.57 Å². The van der Waals surface area contributed by atoms with E-state index in [-0.39, 0.29) is 40.3 Å². The summed E-state index contributed by atoms with van der Waals surface area (Å²) in [4.78, 5) is 25.3.